The third-order valence-electron chi connectivity index (χ3n) is 4.27. The highest BCUT2D eigenvalue weighted by Gasteiger charge is 2.19. The van der Waals surface area contributed by atoms with Crippen LogP contribution >= 0.6 is 11.8 Å². The zero-order valence-corrected chi connectivity index (χ0v) is 18.4. The minimum absolute atomic E-state index is 0.255. The number of aliphatic imine (C=N–C) groups is 1. The molecule has 0 saturated heterocycles. The van der Waals surface area contributed by atoms with Gasteiger partial charge in [0.15, 0.2) is 16.7 Å². The van der Waals surface area contributed by atoms with Gasteiger partial charge in [0.2, 0.25) is 0 Å². The fraction of sp³-hybridized carbons (Fsp3) is 0.304. The number of hydrogen-bond donors (Lipinski definition) is 1. The van der Waals surface area contributed by atoms with Gasteiger partial charge in [0.1, 0.15) is 19.0 Å². The van der Waals surface area contributed by atoms with E-state index in [0.29, 0.717) is 49.4 Å². The smallest absolute Gasteiger partial charge is 0.286 e. The summed E-state index contributed by atoms with van der Waals surface area (Å²) in [5.41, 5.74) is 7.50. The van der Waals surface area contributed by atoms with Crippen molar-refractivity contribution in [3.8, 4) is 17.2 Å². The van der Waals surface area contributed by atoms with Crippen LogP contribution in [0.2, 0.25) is 0 Å². The molecule has 0 atom stereocenters. The van der Waals surface area contributed by atoms with Crippen LogP contribution in [0, 0.1) is 6.92 Å². The number of carbonyl (C=O) groups excluding carboxylic acids is 1. The quantitative estimate of drug-likeness (QED) is 0.418. The van der Waals surface area contributed by atoms with Gasteiger partial charge in [-0.15, -0.1) is 0 Å². The van der Waals surface area contributed by atoms with Crippen molar-refractivity contribution in [1.82, 2.24) is 0 Å². The molecule has 0 unspecified atom stereocenters. The average molecular weight is 443 g/mol. The van der Waals surface area contributed by atoms with Gasteiger partial charge in [-0.1, -0.05) is 24.3 Å². The van der Waals surface area contributed by atoms with E-state index in [0.717, 1.165) is 28.6 Å². The monoisotopic (exact) mass is 442 g/mol. The number of rotatable bonds is 11. The van der Waals surface area contributed by atoms with E-state index in [9.17, 15) is 4.79 Å². The first kappa shape index (κ1) is 22.7. The Morgan fingerprint density at radius 2 is 1.71 bits per heavy atom. The van der Waals surface area contributed by atoms with Gasteiger partial charge < -0.3 is 24.7 Å². The lowest BCUT2D eigenvalue weighted by molar-refractivity contribution is -0.113. The van der Waals surface area contributed by atoms with Crippen molar-refractivity contribution in [3.05, 3.63) is 58.5 Å². The number of para-hydroxylation sites is 1. The number of hydrogen-bond acceptors (Lipinski definition) is 7. The minimum Gasteiger partial charge on any atom is -0.491 e. The summed E-state index contributed by atoms with van der Waals surface area (Å²) >= 11 is 1.15. The fourth-order valence-corrected chi connectivity index (χ4v) is 3.50. The maximum Gasteiger partial charge on any atom is 0.286 e. The predicted molar refractivity (Wildman–Crippen MR) is 123 cm³/mol. The molecule has 1 aliphatic rings. The predicted octanol–water partition coefficient (Wildman–Crippen LogP) is 3.80. The maximum atomic E-state index is 11.8. The first-order chi connectivity index (χ1) is 15.1. The number of aryl methyl sites for hydroxylation is 1. The van der Waals surface area contributed by atoms with Gasteiger partial charge >= 0.3 is 0 Å². The number of carbonyl (C=O) groups is 1. The van der Waals surface area contributed by atoms with Gasteiger partial charge in [0.05, 0.1) is 24.7 Å². The molecule has 31 heavy (non-hydrogen) atoms. The topological polar surface area (TPSA) is 92.4 Å². The van der Waals surface area contributed by atoms with E-state index in [1.165, 1.54) is 0 Å². The molecule has 1 heterocycles. The van der Waals surface area contributed by atoms with Crippen molar-refractivity contribution in [2.75, 3.05) is 33.0 Å². The Balaban J connectivity index is 1.46. The molecule has 2 N–H and O–H groups in total. The SMILES string of the molecule is CCOc1cc(/C=C2/SC(N)=NC2=O)ccc1OCCOCCOc1ccccc1C. The van der Waals surface area contributed by atoms with Gasteiger partial charge in [0, 0.05) is 0 Å². The molecule has 8 heteroatoms. The summed E-state index contributed by atoms with van der Waals surface area (Å²) in [7, 11) is 0. The highest BCUT2D eigenvalue weighted by molar-refractivity contribution is 8.18. The molecular formula is C23H26N2O5S. The van der Waals surface area contributed by atoms with Crippen LogP contribution in [0.15, 0.2) is 52.4 Å². The molecule has 0 fully saturated rings. The van der Waals surface area contributed by atoms with Crippen LogP contribution in [0.25, 0.3) is 6.08 Å². The Kier molecular flexibility index (Phi) is 8.37. The Morgan fingerprint density at radius 3 is 2.39 bits per heavy atom. The second-order valence-electron chi connectivity index (χ2n) is 6.58. The molecule has 2 aromatic carbocycles. The molecular weight excluding hydrogens is 416 g/mol. The molecule has 3 rings (SSSR count). The molecule has 0 spiro atoms. The number of amidine groups is 1. The van der Waals surface area contributed by atoms with E-state index in [2.05, 4.69) is 4.99 Å². The van der Waals surface area contributed by atoms with E-state index < -0.39 is 0 Å². The lowest BCUT2D eigenvalue weighted by Gasteiger charge is -2.13. The van der Waals surface area contributed by atoms with Crippen LogP contribution in [0.1, 0.15) is 18.1 Å². The Bertz CT molecular complexity index is 974. The number of benzene rings is 2. The summed E-state index contributed by atoms with van der Waals surface area (Å²) < 4.78 is 22.8. The van der Waals surface area contributed by atoms with Crippen molar-refractivity contribution in [3.63, 3.8) is 0 Å². The number of thioether (sulfide) groups is 1. The molecule has 2 aromatic rings. The summed E-state index contributed by atoms with van der Waals surface area (Å²) in [6.45, 7) is 6.16. The van der Waals surface area contributed by atoms with E-state index in [1.807, 2.05) is 56.3 Å². The number of nitrogens with zero attached hydrogens (tertiary/aromatic N) is 1. The van der Waals surface area contributed by atoms with Crippen LogP contribution in [0.5, 0.6) is 17.2 Å². The van der Waals surface area contributed by atoms with Crippen LogP contribution in [-0.2, 0) is 9.53 Å². The molecule has 0 saturated carbocycles. The molecule has 1 aliphatic heterocycles. The summed E-state index contributed by atoms with van der Waals surface area (Å²) in [5.74, 6) is 1.75. The van der Waals surface area contributed by atoms with Crippen LogP contribution in [-0.4, -0.2) is 44.1 Å². The van der Waals surface area contributed by atoms with Gasteiger partial charge in [0.25, 0.3) is 5.91 Å². The zero-order valence-electron chi connectivity index (χ0n) is 17.6. The zero-order chi connectivity index (χ0) is 22.1. The Hall–Kier alpha value is -2.97. The number of amides is 1. The molecule has 0 radical (unpaired) electrons. The second kappa shape index (κ2) is 11.4. The first-order valence-electron chi connectivity index (χ1n) is 10.0. The van der Waals surface area contributed by atoms with Crippen molar-refractivity contribution in [2.24, 2.45) is 10.7 Å². The van der Waals surface area contributed by atoms with Crippen LogP contribution in [0.3, 0.4) is 0 Å². The third kappa shape index (κ3) is 6.77. The van der Waals surface area contributed by atoms with Crippen molar-refractivity contribution >= 4 is 28.9 Å². The summed E-state index contributed by atoms with van der Waals surface area (Å²) in [6, 6.07) is 13.4. The lowest BCUT2D eigenvalue weighted by atomic mass is 10.2. The van der Waals surface area contributed by atoms with Gasteiger partial charge in [-0.25, -0.2) is 0 Å². The van der Waals surface area contributed by atoms with E-state index in [1.54, 1.807) is 6.08 Å². The normalized spacial score (nSPS) is 14.6. The van der Waals surface area contributed by atoms with E-state index in [4.69, 9.17) is 24.7 Å². The van der Waals surface area contributed by atoms with Crippen LogP contribution in [0.4, 0.5) is 0 Å². The molecule has 0 aliphatic carbocycles. The summed E-state index contributed by atoms with van der Waals surface area (Å²) in [5, 5.41) is 0.255. The van der Waals surface area contributed by atoms with E-state index >= 15 is 0 Å². The maximum absolute atomic E-state index is 11.8. The summed E-state index contributed by atoms with van der Waals surface area (Å²) in [6.07, 6.45) is 1.74. The van der Waals surface area contributed by atoms with Gasteiger partial charge in [-0.2, -0.15) is 4.99 Å². The first-order valence-corrected chi connectivity index (χ1v) is 10.8. The lowest BCUT2D eigenvalue weighted by Crippen LogP contribution is -2.12. The fourth-order valence-electron chi connectivity index (χ4n) is 2.82. The molecule has 0 bridgehead atoms. The third-order valence-corrected chi connectivity index (χ3v) is 5.08. The highest BCUT2D eigenvalue weighted by Crippen LogP contribution is 2.32. The Morgan fingerprint density at radius 1 is 0.968 bits per heavy atom. The minimum atomic E-state index is -0.329. The molecule has 0 aromatic heterocycles. The second-order valence-corrected chi connectivity index (χ2v) is 7.64. The van der Waals surface area contributed by atoms with Crippen molar-refractivity contribution in [1.29, 1.82) is 0 Å². The molecule has 164 valence electrons. The summed E-state index contributed by atoms with van der Waals surface area (Å²) in [4.78, 5) is 16.0. The molecule has 7 nitrogen and oxygen atoms in total. The van der Waals surface area contributed by atoms with E-state index in [-0.39, 0.29) is 11.1 Å². The molecule has 1 amide bonds. The van der Waals surface area contributed by atoms with Crippen LogP contribution < -0.4 is 19.9 Å². The van der Waals surface area contributed by atoms with Gasteiger partial charge in [-0.3, -0.25) is 4.79 Å². The average Bonchev–Trinajstić information content (AvgIpc) is 3.06. The highest BCUT2D eigenvalue weighted by atomic mass is 32.2. The van der Waals surface area contributed by atoms with Gasteiger partial charge in [-0.05, 0) is 61.0 Å². The van der Waals surface area contributed by atoms with Crippen molar-refractivity contribution < 1.29 is 23.7 Å². The van der Waals surface area contributed by atoms with Crippen molar-refractivity contribution in [2.45, 2.75) is 13.8 Å². The number of nitrogens with two attached hydrogens (primary N) is 1. The largest absolute Gasteiger partial charge is 0.491 e. The number of ether oxygens (including phenoxy) is 4. The standard InChI is InChI=1S/C23H26N2O5S/c1-3-28-20-14-17(15-21-22(26)25-23(24)31-21)8-9-19(20)30-13-11-27-10-12-29-18-7-5-4-6-16(18)2/h4-9,14-15H,3,10-13H2,1-2H3,(H2,24,25,26)/b21-15+. The Labute approximate surface area is 186 Å².